The molecule has 2 aromatic heterocycles. The van der Waals surface area contributed by atoms with Crippen molar-refractivity contribution in [2.24, 2.45) is 23.1 Å². The number of carboxylic acid groups (broad SMARTS) is 4. The predicted octanol–water partition coefficient (Wildman–Crippen LogP) is -13.4. The number of aromatic amines is 2. The van der Waals surface area contributed by atoms with Crippen molar-refractivity contribution in [3.8, 4) is 0 Å². The maximum absolute atomic E-state index is 14.4. The zero-order valence-electron chi connectivity index (χ0n) is 79.9. The maximum Gasteiger partial charge on any atom is 0.326 e. The van der Waals surface area contributed by atoms with Gasteiger partial charge in [0.05, 0.1) is 70.4 Å². The van der Waals surface area contributed by atoms with E-state index in [4.69, 9.17) is 28.0 Å². The van der Waals surface area contributed by atoms with E-state index in [9.17, 15) is 146 Å². The molecular formula is C85H129N29O30S. The molecule has 2 aliphatic rings. The van der Waals surface area contributed by atoms with Gasteiger partial charge < -0.3 is 174 Å². The van der Waals surface area contributed by atoms with Crippen LogP contribution in [0, 0.1) is 16.7 Å². The molecule has 36 N–H and O–H groups in total. The van der Waals surface area contributed by atoms with Crippen molar-refractivity contribution in [1.29, 1.82) is 10.8 Å². The van der Waals surface area contributed by atoms with Crippen LogP contribution in [0.5, 0.6) is 0 Å². The number of imidazole rings is 1. The first-order chi connectivity index (χ1) is 68.5. The van der Waals surface area contributed by atoms with Crippen LogP contribution < -0.4 is 118 Å². The number of carbonyl (C=O) groups is 23. The number of nitrogens with two attached hydrogens (primary N) is 3. The fourth-order valence-electron chi connectivity index (χ4n) is 14.8. The Morgan fingerprint density at radius 3 is 1.35 bits per heavy atom. The van der Waals surface area contributed by atoms with Crippen LogP contribution in [0.1, 0.15) is 129 Å². The van der Waals surface area contributed by atoms with E-state index < -0.39 is 316 Å². The molecule has 0 aliphatic carbocycles. The predicted molar refractivity (Wildman–Crippen MR) is 507 cm³/mol. The van der Waals surface area contributed by atoms with Gasteiger partial charge in [-0.1, -0.05) is 32.0 Å². The van der Waals surface area contributed by atoms with Crippen LogP contribution in [-0.4, -0.2) is 383 Å². The number of para-hydroxylation sites is 1. The highest BCUT2D eigenvalue weighted by Gasteiger charge is 2.43. The first-order valence-electron chi connectivity index (χ1n) is 45.9. The minimum Gasteiger partial charge on any atom is -0.481 e. The van der Waals surface area contributed by atoms with Gasteiger partial charge in [-0.15, -0.1) is 0 Å². The molecule has 0 saturated carbocycles. The number of thiol groups is 1. The van der Waals surface area contributed by atoms with Crippen molar-refractivity contribution in [1.82, 2.24) is 126 Å². The molecular weight excluding hydrogens is 1940 g/mol. The number of hydrogen-bond acceptors (Lipinski definition) is 31. The fraction of sp³-hybridized carbons (Fsp3) is 0.576. The van der Waals surface area contributed by atoms with E-state index in [1.165, 1.54) is 38.2 Å². The number of aliphatic carboxylic acids is 4. The SMILES string of the molecule is CC(C)C[C@H](NC(=O)[C@H](CCCNC(=N)N)NC(=O)[C@H](CO)NC(=O)[C@H](Cc1c[nH]cn1)NC(=O)[C@H](CCCNC(=N)N)NC(=O)[C@H](C)N)C(=O)N[C@@H](CCC(=O)O)C(=O)N[C@@H](CO)C(=O)N[C@@H](CO)C(=O)N[C@@H](CC(=O)O)C(=O)NCC(=O)N[C@@H](CC(=O)O)C(=O)NCC(=O)N[C@@H](C)C(=O)N[C@@H](Cc1c[nH]c2ccccc12)C(=O)N[C@@H](CS)C(=O)N1CCC[C@H]1C(=O)N[C@@H](C)C(=O)NCC(=O)N1CCC[C@H]1C(=O)O. The van der Waals surface area contributed by atoms with Gasteiger partial charge in [-0.25, -0.2) is 9.78 Å². The third-order valence-electron chi connectivity index (χ3n) is 22.4. The van der Waals surface area contributed by atoms with Crippen LogP contribution in [0.15, 0.2) is 43.0 Å². The Hall–Kier alpha value is -15.5. The Labute approximate surface area is 833 Å². The monoisotopic (exact) mass is 2070 g/mol. The number of aromatic nitrogens is 3. The van der Waals surface area contributed by atoms with E-state index in [0.29, 0.717) is 29.3 Å². The van der Waals surface area contributed by atoms with Crippen LogP contribution in [0.4, 0.5) is 0 Å². The highest BCUT2D eigenvalue weighted by molar-refractivity contribution is 7.80. The van der Waals surface area contributed by atoms with Gasteiger partial charge in [-0.3, -0.25) is 116 Å². The second kappa shape index (κ2) is 60.1. The number of aliphatic hydroxyl groups is 3. The Bertz CT molecular complexity index is 5120. The third kappa shape index (κ3) is 40.4. The molecule has 4 heterocycles. The second-order valence-corrected chi connectivity index (χ2v) is 34.7. The lowest BCUT2D eigenvalue weighted by Crippen LogP contribution is -2.61. The summed E-state index contributed by atoms with van der Waals surface area (Å²) < 4.78 is 0. The molecule has 17 atom stereocenters. The number of guanidine groups is 2. The summed E-state index contributed by atoms with van der Waals surface area (Å²) in [6, 6.07) is -21.0. The van der Waals surface area contributed by atoms with E-state index in [0.717, 1.165) is 4.90 Å². The minimum absolute atomic E-state index is 0.0210. The van der Waals surface area contributed by atoms with Gasteiger partial charge >= 0.3 is 23.9 Å². The van der Waals surface area contributed by atoms with Crippen molar-refractivity contribution < 1.29 is 146 Å². The molecule has 3 aromatic rings. The topological polar surface area (TPSA) is 940 Å². The lowest BCUT2D eigenvalue weighted by Gasteiger charge is -2.30. The molecule has 60 heteroatoms. The van der Waals surface area contributed by atoms with Crippen molar-refractivity contribution in [3.05, 3.63) is 54.2 Å². The summed E-state index contributed by atoms with van der Waals surface area (Å²) in [6.07, 6.45) is -0.0382. The smallest absolute Gasteiger partial charge is 0.326 e. The van der Waals surface area contributed by atoms with Gasteiger partial charge in [0.25, 0.3) is 0 Å². The van der Waals surface area contributed by atoms with Crippen LogP contribution >= 0.6 is 12.6 Å². The number of likely N-dealkylation sites (tertiary alicyclic amines) is 2. The van der Waals surface area contributed by atoms with E-state index in [1.807, 2.05) is 26.6 Å². The third-order valence-corrected chi connectivity index (χ3v) is 22.7. The number of carboxylic acids is 4. The summed E-state index contributed by atoms with van der Waals surface area (Å²) in [6.45, 7) is 0.513. The summed E-state index contributed by atoms with van der Waals surface area (Å²) in [5.41, 5.74) is 17.9. The highest BCUT2D eigenvalue weighted by Crippen LogP contribution is 2.23. The number of H-pyrrole nitrogens is 2. The minimum atomic E-state index is -2.21. The summed E-state index contributed by atoms with van der Waals surface area (Å²) in [5.74, 6) is -29.0. The molecule has 145 heavy (non-hydrogen) atoms. The van der Waals surface area contributed by atoms with Crippen LogP contribution in [0.25, 0.3) is 10.9 Å². The standard InChI is InChI=1S/C85H129N29O30S/c1-39(2)24-50(106-73(133)48(15-9-21-93-85(89)90)103-78(138)55(34-115)110-77(137)52(26-44-30-91-38-98-44)107-72(132)47(102-67(127)40(3)86)14-8-20-92-84(87)88)75(135)104-49(18-19-64(121)122)74(134)109-57(36-117)80(140)111-56(35-116)79(139)108-54(28-66(125)126)71(131)96-32-62(119)101-53(27-65(123)124)70(130)95-31-61(118)99-42(5)69(129)105-51(25-43-29-94-46-13-7-6-12-45(43)46)76(136)112-58(37-145)82(142)114-23-10-16-59(114)81(141)100-41(4)68(128)97-33-63(120)113-22-11-17-60(113)83(143)144/h6-7,12-13,29-30,38-42,47-60,94,115-117,145H,8-11,14-28,31-37,86H2,1-5H3,(H,91,98)(H,95,130)(H,96,131)(H,97,128)(H,99,118)(H,100,141)(H,101,119)(H,102,127)(H,103,138)(H,104,135)(H,105,129)(H,106,133)(H,107,132)(H,108,139)(H,109,134)(H,110,137)(H,111,140)(H,112,136)(H,121,122)(H,123,124)(H,125,126)(H,143,144)(H4,87,88,92)(H4,89,90,93)/t40-,41-,42-,47-,48-,49-,50-,51-,52-,53-,54-,55-,56-,57-,58-,59-,60-/m0/s1. The number of rotatable bonds is 62. The molecule has 0 radical (unpaired) electrons. The average Bonchev–Trinajstić information content (AvgIpc) is 1.68. The van der Waals surface area contributed by atoms with Gasteiger partial charge in [0.15, 0.2) is 11.9 Å². The number of nitrogens with one attached hydrogen (secondary N) is 23. The molecule has 1 aromatic carbocycles. The molecule has 5 rings (SSSR count). The molecule has 19 amide bonds. The lowest BCUT2D eigenvalue weighted by molar-refractivity contribution is -0.148. The number of benzene rings is 1. The van der Waals surface area contributed by atoms with Gasteiger partial charge in [0.1, 0.15) is 96.7 Å². The highest BCUT2D eigenvalue weighted by atomic mass is 32.1. The largest absolute Gasteiger partial charge is 0.481 e. The molecule has 0 spiro atoms. The molecule has 0 bridgehead atoms. The molecule has 2 saturated heterocycles. The lowest BCUT2D eigenvalue weighted by atomic mass is 10.0. The summed E-state index contributed by atoms with van der Waals surface area (Å²) in [4.78, 5) is 321. The number of fused-ring (bicyclic) bond motifs is 1. The van der Waals surface area contributed by atoms with Gasteiger partial charge in [-0.05, 0) is 103 Å². The molecule has 2 aliphatic heterocycles. The van der Waals surface area contributed by atoms with Gasteiger partial charge in [0, 0.05) is 74.5 Å². The number of amides is 19. The number of hydrogen-bond donors (Lipinski definition) is 34. The Balaban J connectivity index is 1.20. The number of aliphatic hydroxyl groups excluding tert-OH is 3. The molecule has 0 unspecified atom stereocenters. The number of carbonyl (C=O) groups excluding carboxylic acids is 19. The van der Waals surface area contributed by atoms with Crippen molar-refractivity contribution in [2.75, 3.05) is 71.4 Å². The maximum atomic E-state index is 14.4. The van der Waals surface area contributed by atoms with E-state index in [1.54, 1.807) is 44.3 Å². The van der Waals surface area contributed by atoms with Crippen LogP contribution in [0.3, 0.4) is 0 Å². The first kappa shape index (κ1) is 120. The molecule has 59 nitrogen and oxygen atoms in total. The van der Waals surface area contributed by atoms with Crippen molar-refractivity contribution in [2.45, 2.75) is 234 Å². The van der Waals surface area contributed by atoms with E-state index in [2.05, 4.69) is 102 Å². The zero-order chi connectivity index (χ0) is 108. The Morgan fingerprint density at radius 2 is 0.869 bits per heavy atom. The summed E-state index contributed by atoms with van der Waals surface area (Å²) in [5, 5.41) is 129. The summed E-state index contributed by atoms with van der Waals surface area (Å²) in [7, 11) is 0. The van der Waals surface area contributed by atoms with Gasteiger partial charge in [0.2, 0.25) is 112 Å². The average molecular weight is 2070 g/mol. The van der Waals surface area contributed by atoms with Gasteiger partial charge in [-0.2, -0.15) is 12.6 Å². The van der Waals surface area contributed by atoms with Crippen molar-refractivity contribution in [3.63, 3.8) is 0 Å². The molecule has 2 fully saturated rings. The van der Waals surface area contributed by atoms with E-state index in [-0.39, 0.29) is 101 Å². The van der Waals surface area contributed by atoms with Crippen molar-refractivity contribution >= 4 is 172 Å². The molecule has 800 valence electrons. The quantitative estimate of drug-likeness (QED) is 0.0108. The van der Waals surface area contributed by atoms with E-state index >= 15 is 0 Å². The Morgan fingerprint density at radius 1 is 0.448 bits per heavy atom. The summed E-state index contributed by atoms with van der Waals surface area (Å²) >= 11 is 4.31. The zero-order valence-corrected chi connectivity index (χ0v) is 80.8. The second-order valence-electron chi connectivity index (χ2n) is 34.3. The Kier molecular flexibility index (Phi) is 49.7. The van der Waals surface area contributed by atoms with Crippen LogP contribution in [0.2, 0.25) is 0 Å². The fourth-order valence-corrected chi connectivity index (χ4v) is 15.0. The normalized spacial score (nSPS) is 16.2. The first-order valence-corrected chi connectivity index (χ1v) is 46.6. The van der Waals surface area contributed by atoms with Crippen LogP contribution in [-0.2, 0) is 123 Å². The number of nitrogens with zero attached hydrogens (tertiary/aromatic N) is 3.